The van der Waals surface area contributed by atoms with E-state index >= 15 is 0 Å². The van der Waals surface area contributed by atoms with E-state index in [1.807, 2.05) is 0 Å². The van der Waals surface area contributed by atoms with E-state index in [4.69, 9.17) is 14.0 Å². The van der Waals surface area contributed by atoms with Crippen molar-refractivity contribution in [3.63, 3.8) is 0 Å². The van der Waals surface area contributed by atoms with Crippen LogP contribution < -0.4 is 0 Å². The maximum absolute atomic E-state index is 7.50. The molecule has 0 saturated carbocycles. The van der Waals surface area contributed by atoms with Crippen LogP contribution in [0.3, 0.4) is 0 Å². The van der Waals surface area contributed by atoms with Crippen LogP contribution in [0.15, 0.2) is 103 Å². The molecular weight excluding hydrogens is 443 g/mol. The molecule has 5 heteroatoms. The summed E-state index contributed by atoms with van der Waals surface area (Å²) >= 11 is 0. The molecular formula is C26H17CrO3P. The molecule has 1 heterocycles. The van der Waals surface area contributed by atoms with Crippen LogP contribution in [0.4, 0.5) is 0 Å². The second-order valence-electron chi connectivity index (χ2n) is 5.72. The van der Waals surface area contributed by atoms with Gasteiger partial charge >= 0.3 is 33.9 Å². The molecule has 0 atom stereocenters. The fourth-order valence-electron chi connectivity index (χ4n) is 2.84. The van der Waals surface area contributed by atoms with Crippen LogP contribution in [0.2, 0.25) is 0 Å². The molecule has 0 fully saturated rings. The predicted molar refractivity (Wildman–Crippen MR) is 117 cm³/mol. The van der Waals surface area contributed by atoms with Gasteiger partial charge in [-0.15, -0.1) is 0 Å². The van der Waals surface area contributed by atoms with Crippen LogP contribution in [0.5, 0.6) is 0 Å². The third-order valence-electron chi connectivity index (χ3n) is 4.07. The van der Waals surface area contributed by atoms with Gasteiger partial charge in [-0.25, -0.2) is 0 Å². The second-order valence-corrected chi connectivity index (χ2v) is 6.91. The first-order valence-electron chi connectivity index (χ1n) is 8.70. The van der Waals surface area contributed by atoms with E-state index in [0.717, 1.165) is 0 Å². The minimum atomic E-state index is 0. The number of rotatable bonds is 3. The Kier molecular flexibility index (Phi) is 15.2. The Morgan fingerprint density at radius 3 is 1.03 bits per heavy atom. The van der Waals surface area contributed by atoms with Crippen LogP contribution in [0.1, 0.15) is 0 Å². The van der Waals surface area contributed by atoms with Gasteiger partial charge in [0.2, 0.25) is 0 Å². The molecule has 0 unspecified atom stereocenters. The first-order valence-corrected chi connectivity index (χ1v) is 9.59. The van der Waals surface area contributed by atoms with E-state index in [2.05, 4.69) is 123 Å². The van der Waals surface area contributed by atoms with Gasteiger partial charge in [-0.1, -0.05) is 99.2 Å². The van der Waals surface area contributed by atoms with Gasteiger partial charge < -0.3 is 0 Å². The molecule has 4 rings (SSSR count). The number of benzene rings is 3. The number of hydrogen-bond acceptors (Lipinski definition) is 0. The van der Waals surface area contributed by atoms with Crippen LogP contribution in [-0.2, 0) is 31.3 Å². The molecule has 0 aliphatic carbocycles. The summed E-state index contributed by atoms with van der Waals surface area (Å²) in [6.07, 6.45) is 0. The maximum atomic E-state index is 7.50. The Balaban J connectivity index is 0.00000119. The van der Waals surface area contributed by atoms with E-state index in [1.165, 1.54) is 41.0 Å². The first-order chi connectivity index (χ1) is 14.9. The molecule has 1 aromatic heterocycles. The standard InChI is InChI=1S/C23H17P.3CO.Cr/c1-4-10-18(11-5-1)21-16-22(19-12-6-2-7-13-19)24-23(17-21)20-14-8-3-9-15-20;3*1-2;/h1-17H;;;;. The summed E-state index contributed by atoms with van der Waals surface area (Å²) < 4.78 is 22.5. The van der Waals surface area contributed by atoms with Crippen molar-refractivity contribution in [2.45, 2.75) is 0 Å². The first kappa shape index (κ1) is 28.1. The van der Waals surface area contributed by atoms with Crippen molar-refractivity contribution in [1.82, 2.24) is 0 Å². The summed E-state index contributed by atoms with van der Waals surface area (Å²) in [7, 11) is 1.25. The van der Waals surface area contributed by atoms with Crippen molar-refractivity contribution >= 4 is 8.19 Å². The molecule has 3 nitrogen and oxygen atoms in total. The average Bonchev–Trinajstić information content (AvgIpc) is 2.89. The monoisotopic (exact) mass is 460 g/mol. The molecule has 150 valence electrons. The van der Waals surface area contributed by atoms with Crippen LogP contribution in [-0.4, -0.2) is 0 Å². The van der Waals surface area contributed by atoms with Crippen molar-refractivity contribution < 1.29 is 31.3 Å². The molecule has 4 aromatic rings. The minimum absolute atomic E-state index is 0. The Hall–Kier alpha value is -2.94. The van der Waals surface area contributed by atoms with Gasteiger partial charge in [0, 0.05) is 28.0 Å². The molecule has 0 spiro atoms. The summed E-state index contributed by atoms with van der Waals surface area (Å²) in [4.78, 5) is 0. The Labute approximate surface area is 195 Å². The quantitative estimate of drug-likeness (QED) is 0.230. The Morgan fingerprint density at radius 1 is 0.419 bits per heavy atom. The number of hydrogen-bond donors (Lipinski definition) is 0. The SMILES string of the molecule is [C-]#[O+].[C-]#[O+].[C-]#[O+].[Cr].c1ccc(-c2cc(-c3ccccc3)pc(-c3ccccc3)c2)cc1. The smallest absolute Gasteiger partial charge is 0.0102 e. The van der Waals surface area contributed by atoms with E-state index in [-0.39, 0.29) is 17.4 Å². The third kappa shape index (κ3) is 8.37. The molecule has 0 radical (unpaired) electrons. The van der Waals surface area contributed by atoms with Crippen molar-refractivity contribution in [1.29, 1.82) is 0 Å². The van der Waals surface area contributed by atoms with E-state index in [0.29, 0.717) is 0 Å². The van der Waals surface area contributed by atoms with Gasteiger partial charge in [0.15, 0.2) is 0 Å². The minimum Gasteiger partial charge on any atom is -0.0622 e. The summed E-state index contributed by atoms with van der Waals surface area (Å²) in [5, 5.41) is 2.69. The van der Waals surface area contributed by atoms with Crippen LogP contribution >= 0.6 is 8.19 Å². The van der Waals surface area contributed by atoms with Crippen molar-refractivity contribution in [2.75, 3.05) is 0 Å². The molecule has 0 saturated heterocycles. The van der Waals surface area contributed by atoms with Gasteiger partial charge in [0.05, 0.1) is 0 Å². The maximum Gasteiger partial charge on any atom is 0.0102 e. The summed E-state index contributed by atoms with van der Waals surface area (Å²) in [5.41, 5.74) is 5.10. The van der Waals surface area contributed by atoms with Crippen LogP contribution in [0, 0.1) is 20.0 Å². The molecule has 0 aliphatic heterocycles. The topological polar surface area (TPSA) is 59.7 Å². The van der Waals surface area contributed by atoms with Gasteiger partial charge in [-0.2, -0.15) is 0 Å². The zero-order chi connectivity index (χ0) is 22.2. The summed E-state index contributed by atoms with van der Waals surface area (Å²) in [6.45, 7) is 13.5. The van der Waals surface area contributed by atoms with Crippen molar-refractivity contribution in [3.8, 4) is 32.8 Å². The predicted octanol–water partition coefficient (Wildman–Crippen LogP) is 7.15. The van der Waals surface area contributed by atoms with Gasteiger partial charge in [0.25, 0.3) is 0 Å². The van der Waals surface area contributed by atoms with E-state index < -0.39 is 0 Å². The van der Waals surface area contributed by atoms with E-state index in [9.17, 15) is 0 Å². The van der Waals surface area contributed by atoms with Gasteiger partial charge in [-0.3, -0.25) is 0 Å². The van der Waals surface area contributed by atoms with Gasteiger partial charge in [-0.05, 0) is 34.4 Å². The zero-order valence-corrected chi connectivity index (χ0v) is 18.6. The fraction of sp³-hybridized carbons (Fsp3) is 0. The molecule has 0 N–H and O–H groups in total. The summed E-state index contributed by atoms with van der Waals surface area (Å²) in [6, 6.07) is 36.6. The van der Waals surface area contributed by atoms with E-state index in [1.54, 1.807) is 0 Å². The summed E-state index contributed by atoms with van der Waals surface area (Å²) in [5.74, 6) is 0. The normalized spacial score (nSPS) is 8.32. The Morgan fingerprint density at radius 2 is 0.710 bits per heavy atom. The largest absolute Gasteiger partial charge is 0.0622 e. The fourth-order valence-corrected chi connectivity index (χ4v) is 4.06. The zero-order valence-electron chi connectivity index (χ0n) is 16.4. The third-order valence-corrected chi connectivity index (χ3v) is 5.33. The molecule has 0 bridgehead atoms. The van der Waals surface area contributed by atoms with Gasteiger partial charge in [0.1, 0.15) is 0 Å². The Bertz CT molecular complexity index is 923. The van der Waals surface area contributed by atoms with Crippen molar-refractivity contribution in [2.24, 2.45) is 0 Å². The molecule has 3 aromatic carbocycles. The van der Waals surface area contributed by atoms with Crippen molar-refractivity contribution in [3.05, 3.63) is 123 Å². The molecule has 31 heavy (non-hydrogen) atoms. The average molecular weight is 460 g/mol. The second kappa shape index (κ2) is 16.8. The molecule has 0 amide bonds. The van der Waals surface area contributed by atoms with Crippen LogP contribution in [0.25, 0.3) is 32.8 Å². The molecule has 0 aliphatic rings.